The van der Waals surface area contributed by atoms with Gasteiger partial charge >= 0.3 is 0 Å². The average Bonchev–Trinajstić information content (AvgIpc) is 2.38. The Hall–Kier alpha value is -1.67. The van der Waals surface area contributed by atoms with Crippen LogP contribution in [0.4, 0.5) is 11.4 Å². The van der Waals surface area contributed by atoms with Gasteiger partial charge in [-0.2, -0.15) is 0 Å². The fourth-order valence-corrected chi connectivity index (χ4v) is 2.31. The Morgan fingerprint density at radius 1 is 1.25 bits per heavy atom. The van der Waals surface area contributed by atoms with Gasteiger partial charge in [0.25, 0.3) is 11.6 Å². The summed E-state index contributed by atoms with van der Waals surface area (Å²) in [5, 5.41) is 13.7. The van der Waals surface area contributed by atoms with Crippen molar-refractivity contribution in [2.45, 2.75) is 0 Å². The molecule has 0 radical (unpaired) electrons. The molecular formula is C13H8ClIN2O3. The molecule has 0 aliphatic carbocycles. The number of benzene rings is 2. The van der Waals surface area contributed by atoms with Gasteiger partial charge in [0.1, 0.15) is 5.69 Å². The smallest absolute Gasteiger partial charge is 0.292 e. The summed E-state index contributed by atoms with van der Waals surface area (Å²) in [4.78, 5) is 22.4. The first-order chi connectivity index (χ1) is 9.47. The second-order valence-electron chi connectivity index (χ2n) is 3.88. The summed E-state index contributed by atoms with van der Waals surface area (Å²) in [5.74, 6) is -0.422. The Kier molecular flexibility index (Phi) is 4.56. The predicted octanol–water partition coefficient (Wildman–Crippen LogP) is 4.11. The van der Waals surface area contributed by atoms with Crippen molar-refractivity contribution in [1.82, 2.24) is 0 Å². The van der Waals surface area contributed by atoms with E-state index in [0.717, 1.165) is 3.57 Å². The molecule has 0 bridgehead atoms. The van der Waals surface area contributed by atoms with Crippen LogP contribution in [0.3, 0.4) is 0 Å². The summed E-state index contributed by atoms with van der Waals surface area (Å²) >= 11 is 7.88. The fraction of sp³-hybridized carbons (Fsp3) is 0. The van der Waals surface area contributed by atoms with Crippen LogP contribution in [0, 0.1) is 13.7 Å². The number of hydrogen-bond donors (Lipinski definition) is 1. The molecule has 20 heavy (non-hydrogen) atoms. The number of nitro groups is 1. The van der Waals surface area contributed by atoms with Crippen LogP contribution in [0.15, 0.2) is 42.5 Å². The van der Waals surface area contributed by atoms with Gasteiger partial charge in [0.05, 0.1) is 4.92 Å². The van der Waals surface area contributed by atoms with Crippen LogP contribution in [-0.2, 0) is 0 Å². The quantitative estimate of drug-likeness (QED) is 0.477. The highest BCUT2D eigenvalue weighted by Gasteiger charge is 2.17. The summed E-state index contributed by atoms with van der Waals surface area (Å²) in [6, 6.07) is 10.9. The van der Waals surface area contributed by atoms with Crippen molar-refractivity contribution in [2.24, 2.45) is 0 Å². The largest absolute Gasteiger partial charge is 0.316 e. The first-order valence-corrected chi connectivity index (χ1v) is 6.94. The second kappa shape index (κ2) is 6.19. The maximum absolute atomic E-state index is 12.1. The molecule has 102 valence electrons. The normalized spacial score (nSPS) is 10.1. The Morgan fingerprint density at radius 3 is 2.65 bits per heavy atom. The number of amides is 1. The van der Waals surface area contributed by atoms with Crippen LogP contribution >= 0.6 is 34.2 Å². The zero-order valence-electron chi connectivity index (χ0n) is 9.97. The lowest BCUT2D eigenvalue weighted by Crippen LogP contribution is -2.13. The molecule has 0 unspecified atom stereocenters. The Labute approximate surface area is 133 Å². The number of carbonyl (C=O) groups is 1. The molecular weight excluding hydrogens is 395 g/mol. The average molecular weight is 403 g/mol. The van der Waals surface area contributed by atoms with Gasteiger partial charge in [-0.15, -0.1) is 0 Å². The van der Waals surface area contributed by atoms with Crippen molar-refractivity contribution >= 4 is 51.5 Å². The lowest BCUT2D eigenvalue weighted by atomic mass is 10.2. The standard InChI is InChI=1S/C13H8ClIN2O3/c14-9-4-5-12(17(19)20)11(7-9)16-13(18)8-2-1-3-10(15)6-8/h1-7H,(H,16,18). The highest BCUT2D eigenvalue weighted by atomic mass is 127. The summed E-state index contributed by atoms with van der Waals surface area (Å²) < 4.78 is 0.899. The third-order valence-corrected chi connectivity index (χ3v) is 3.40. The van der Waals surface area contributed by atoms with Crippen molar-refractivity contribution in [3.63, 3.8) is 0 Å². The van der Waals surface area contributed by atoms with E-state index in [1.807, 2.05) is 6.07 Å². The molecule has 2 rings (SSSR count). The van der Waals surface area contributed by atoms with E-state index in [2.05, 4.69) is 27.9 Å². The monoisotopic (exact) mass is 402 g/mol. The molecule has 0 aliphatic rings. The van der Waals surface area contributed by atoms with Crippen LogP contribution in [0.5, 0.6) is 0 Å². The molecule has 0 aliphatic heterocycles. The van der Waals surface area contributed by atoms with E-state index in [9.17, 15) is 14.9 Å². The molecule has 0 saturated heterocycles. The van der Waals surface area contributed by atoms with Gasteiger partial charge in [0.15, 0.2) is 0 Å². The molecule has 2 aromatic carbocycles. The third-order valence-electron chi connectivity index (χ3n) is 2.49. The van der Waals surface area contributed by atoms with Gasteiger partial charge < -0.3 is 5.32 Å². The molecule has 7 heteroatoms. The van der Waals surface area contributed by atoms with Gasteiger partial charge in [0, 0.05) is 20.2 Å². The van der Waals surface area contributed by atoms with E-state index >= 15 is 0 Å². The minimum absolute atomic E-state index is 0.0753. The van der Waals surface area contributed by atoms with Crippen molar-refractivity contribution in [2.75, 3.05) is 5.32 Å². The van der Waals surface area contributed by atoms with E-state index in [0.29, 0.717) is 10.6 Å². The minimum atomic E-state index is -0.569. The van der Waals surface area contributed by atoms with Gasteiger partial charge in [0.2, 0.25) is 0 Å². The van der Waals surface area contributed by atoms with E-state index in [1.54, 1.807) is 18.2 Å². The van der Waals surface area contributed by atoms with Crippen LogP contribution < -0.4 is 5.32 Å². The Balaban J connectivity index is 2.32. The van der Waals surface area contributed by atoms with Gasteiger partial charge in [-0.3, -0.25) is 14.9 Å². The number of halogens is 2. The number of rotatable bonds is 3. The minimum Gasteiger partial charge on any atom is -0.316 e. The van der Waals surface area contributed by atoms with Gasteiger partial charge in [-0.1, -0.05) is 17.7 Å². The summed E-state index contributed by atoms with van der Waals surface area (Å²) in [5.41, 5.74) is 0.297. The molecule has 1 N–H and O–H groups in total. The van der Waals surface area contributed by atoms with Crippen molar-refractivity contribution < 1.29 is 9.72 Å². The fourth-order valence-electron chi connectivity index (χ4n) is 1.59. The zero-order valence-corrected chi connectivity index (χ0v) is 12.9. The Bertz CT molecular complexity index is 691. The number of carbonyl (C=O) groups excluding carboxylic acids is 1. The maximum atomic E-state index is 12.1. The van der Waals surface area contributed by atoms with Crippen molar-refractivity contribution in [3.05, 3.63) is 66.7 Å². The number of nitro benzene ring substituents is 1. The first-order valence-electron chi connectivity index (χ1n) is 5.48. The topological polar surface area (TPSA) is 72.2 Å². The highest BCUT2D eigenvalue weighted by Crippen LogP contribution is 2.28. The molecule has 1 amide bonds. The lowest BCUT2D eigenvalue weighted by molar-refractivity contribution is -0.383. The third kappa shape index (κ3) is 3.45. The maximum Gasteiger partial charge on any atom is 0.292 e. The van der Waals surface area contributed by atoms with E-state index in [4.69, 9.17) is 11.6 Å². The van der Waals surface area contributed by atoms with E-state index < -0.39 is 10.8 Å². The van der Waals surface area contributed by atoms with Gasteiger partial charge in [-0.25, -0.2) is 0 Å². The molecule has 0 saturated carbocycles. The van der Waals surface area contributed by atoms with Crippen molar-refractivity contribution in [1.29, 1.82) is 0 Å². The molecule has 2 aromatic rings. The molecule has 0 fully saturated rings. The molecule has 0 aromatic heterocycles. The predicted molar refractivity (Wildman–Crippen MR) is 85.2 cm³/mol. The molecule has 0 spiro atoms. The van der Waals surface area contributed by atoms with Crippen molar-refractivity contribution in [3.8, 4) is 0 Å². The van der Waals surface area contributed by atoms with Gasteiger partial charge in [-0.05, 0) is 52.9 Å². The van der Waals surface area contributed by atoms with Crippen LogP contribution in [0.25, 0.3) is 0 Å². The second-order valence-corrected chi connectivity index (χ2v) is 5.57. The zero-order chi connectivity index (χ0) is 14.7. The SMILES string of the molecule is O=C(Nc1cc(Cl)ccc1[N+](=O)[O-])c1cccc(I)c1. The molecule has 0 heterocycles. The molecule has 0 atom stereocenters. The number of hydrogen-bond acceptors (Lipinski definition) is 3. The summed E-state index contributed by atoms with van der Waals surface area (Å²) in [6.07, 6.45) is 0. The highest BCUT2D eigenvalue weighted by molar-refractivity contribution is 14.1. The molecule has 5 nitrogen and oxygen atoms in total. The Morgan fingerprint density at radius 2 is 2.00 bits per heavy atom. The number of nitrogens with one attached hydrogen (secondary N) is 1. The summed E-state index contributed by atoms with van der Waals surface area (Å²) in [6.45, 7) is 0. The number of anilines is 1. The summed E-state index contributed by atoms with van der Waals surface area (Å²) in [7, 11) is 0. The van der Waals surface area contributed by atoms with Crippen LogP contribution in [-0.4, -0.2) is 10.8 Å². The lowest BCUT2D eigenvalue weighted by Gasteiger charge is -2.06. The van der Waals surface area contributed by atoms with E-state index in [-0.39, 0.29) is 11.4 Å². The van der Waals surface area contributed by atoms with Crippen LogP contribution in [0.1, 0.15) is 10.4 Å². The van der Waals surface area contributed by atoms with Crippen LogP contribution in [0.2, 0.25) is 5.02 Å². The van der Waals surface area contributed by atoms with E-state index in [1.165, 1.54) is 18.2 Å². The first kappa shape index (κ1) is 14.7. The number of nitrogens with zero attached hydrogens (tertiary/aromatic N) is 1.